The number of fused-ring (bicyclic) bond motifs is 3. The molecule has 0 unspecified atom stereocenters. The van der Waals surface area contributed by atoms with E-state index in [2.05, 4.69) is 45.8 Å². The summed E-state index contributed by atoms with van der Waals surface area (Å²) in [5.74, 6) is 0. The monoisotopic (exact) mass is 328 g/mol. The van der Waals surface area contributed by atoms with Crippen LogP contribution in [0.3, 0.4) is 0 Å². The van der Waals surface area contributed by atoms with Crippen molar-refractivity contribution in [3.8, 4) is 0 Å². The fourth-order valence-corrected chi connectivity index (χ4v) is 2.29. The number of rotatable bonds is 0. The second-order valence-corrected chi connectivity index (χ2v) is 5.00. The highest BCUT2D eigenvalue weighted by atomic mass is 127. The molecule has 2 nitrogen and oxygen atoms in total. The Morgan fingerprint density at radius 2 is 2.07 bits per heavy atom. The van der Waals surface area contributed by atoms with Gasteiger partial charge in [-0.15, -0.1) is 0 Å². The molecule has 1 aromatic carbocycles. The van der Waals surface area contributed by atoms with Crippen LogP contribution in [0.15, 0.2) is 36.5 Å². The summed E-state index contributed by atoms with van der Waals surface area (Å²) >= 11 is 8.21. The van der Waals surface area contributed by atoms with Crippen LogP contribution in [-0.4, -0.2) is 9.38 Å². The third-order valence-electron chi connectivity index (χ3n) is 2.33. The Hall–Kier alpha value is -0.810. The van der Waals surface area contributed by atoms with Crippen molar-refractivity contribution in [1.29, 1.82) is 0 Å². The van der Waals surface area contributed by atoms with E-state index in [0.717, 1.165) is 16.7 Å². The highest BCUT2D eigenvalue weighted by Gasteiger charge is 2.04. The Morgan fingerprint density at radius 1 is 1.20 bits per heavy atom. The highest BCUT2D eigenvalue weighted by Crippen LogP contribution is 2.20. The number of hydrogen-bond donors (Lipinski definition) is 0. The highest BCUT2D eigenvalue weighted by molar-refractivity contribution is 14.1. The molecule has 0 aliphatic carbocycles. The second kappa shape index (κ2) is 3.35. The van der Waals surface area contributed by atoms with Crippen molar-refractivity contribution in [3.05, 3.63) is 45.1 Å². The van der Waals surface area contributed by atoms with Crippen molar-refractivity contribution in [1.82, 2.24) is 9.38 Å². The van der Waals surface area contributed by atoms with Crippen molar-refractivity contribution in [3.63, 3.8) is 0 Å². The molecule has 0 spiro atoms. The zero-order valence-electron chi connectivity index (χ0n) is 7.61. The molecule has 0 aliphatic rings. The first-order chi connectivity index (χ1) is 7.24. The van der Waals surface area contributed by atoms with E-state index in [1.54, 1.807) is 0 Å². The molecule has 0 aliphatic heterocycles. The number of imidazole rings is 1. The van der Waals surface area contributed by atoms with E-state index in [1.807, 2.05) is 22.7 Å². The number of nitrogens with zero attached hydrogens (tertiary/aromatic N) is 2. The molecule has 3 rings (SSSR count). The van der Waals surface area contributed by atoms with E-state index in [1.165, 1.54) is 3.57 Å². The predicted molar refractivity (Wildman–Crippen MR) is 70.4 cm³/mol. The van der Waals surface area contributed by atoms with E-state index >= 15 is 0 Å². The lowest BCUT2D eigenvalue weighted by atomic mass is 10.3. The SMILES string of the molecule is Clc1ccn2c(c1)nc1cc(I)ccc12. The second-order valence-electron chi connectivity index (χ2n) is 3.32. The Labute approximate surface area is 105 Å². The molecule has 0 radical (unpaired) electrons. The van der Waals surface area contributed by atoms with Crippen LogP contribution in [0.2, 0.25) is 5.02 Å². The minimum absolute atomic E-state index is 0.715. The molecule has 2 heterocycles. The molecule has 0 amide bonds. The number of aromatic nitrogens is 2. The number of pyridine rings is 1. The topological polar surface area (TPSA) is 17.3 Å². The fraction of sp³-hybridized carbons (Fsp3) is 0. The van der Waals surface area contributed by atoms with Crippen molar-refractivity contribution < 1.29 is 0 Å². The molecule has 4 heteroatoms. The lowest BCUT2D eigenvalue weighted by Crippen LogP contribution is -1.82. The molecule has 0 N–H and O–H groups in total. The summed E-state index contributed by atoms with van der Waals surface area (Å²) in [5.41, 5.74) is 3.01. The van der Waals surface area contributed by atoms with Gasteiger partial charge in [0.15, 0.2) is 0 Å². The van der Waals surface area contributed by atoms with E-state index in [4.69, 9.17) is 11.6 Å². The van der Waals surface area contributed by atoms with Crippen LogP contribution in [0.4, 0.5) is 0 Å². The summed E-state index contributed by atoms with van der Waals surface area (Å²) in [4.78, 5) is 4.51. The van der Waals surface area contributed by atoms with Gasteiger partial charge in [0.25, 0.3) is 0 Å². The Bertz CT molecular complexity index is 604. The fourth-order valence-electron chi connectivity index (χ4n) is 1.67. The summed E-state index contributed by atoms with van der Waals surface area (Å²) in [6.45, 7) is 0. The van der Waals surface area contributed by atoms with Gasteiger partial charge in [0.2, 0.25) is 0 Å². The first kappa shape index (κ1) is 9.42. The van der Waals surface area contributed by atoms with Crippen molar-refractivity contribution in [2.45, 2.75) is 0 Å². The number of benzene rings is 1. The molecular formula is C11H6ClIN2. The Morgan fingerprint density at radius 3 is 2.93 bits per heavy atom. The molecule has 0 bridgehead atoms. The maximum Gasteiger partial charge on any atom is 0.139 e. The lowest BCUT2D eigenvalue weighted by molar-refractivity contribution is 1.23. The summed E-state index contributed by atoms with van der Waals surface area (Å²) in [6.07, 6.45) is 1.94. The first-order valence-electron chi connectivity index (χ1n) is 4.47. The van der Waals surface area contributed by atoms with Crippen LogP contribution in [0.1, 0.15) is 0 Å². The van der Waals surface area contributed by atoms with Crippen LogP contribution in [0.5, 0.6) is 0 Å². The summed E-state index contributed by atoms with van der Waals surface area (Å²) < 4.78 is 3.23. The molecule has 74 valence electrons. The smallest absolute Gasteiger partial charge is 0.139 e. The molecule has 0 atom stereocenters. The molecule has 0 saturated carbocycles. The van der Waals surface area contributed by atoms with Gasteiger partial charge in [-0.05, 0) is 46.9 Å². The standard InChI is InChI=1S/C11H6ClIN2/c12-7-3-4-15-10-2-1-8(13)6-9(10)14-11(15)5-7/h1-6H. The normalized spacial score (nSPS) is 11.3. The van der Waals surface area contributed by atoms with E-state index in [9.17, 15) is 0 Å². The Balaban J connectivity index is 2.51. The zero-order chi connectivity index (χ0) is 10.4. The van der Waals surface area contributed by atoms with Crippen molar-refractivity contribution in [2.24, 2.45) is 0 Å². The van der Waals surface area contributed by atoms with Gasteiger partial charge in [-0.1, -0.05) is 11.6 Å². The molecular weight excluding hydrogens is 322 g/mol. The first-order valence-corrected chi connectivity index (χ1v) is 5.92. The van der Waals surface area contributed by atoms with Gasteiger partial charge in [0, 0.05) is 20.9 Å². The van der Waals surface area contributed by atoms with Crippen LogP contribution >= 0.6 is 34.2 Å². The van der Waals surface area contributed by atoms with Crippen molar-refractivity contribution >= 4 is 50.9 Å². The molecule has 15 heavy (non-hydrogen) atoms. The Kier molecular flexibility index (Phi) is 2.10. The quantitative estimate of drug-likeness (QED) is 0.575. The lowest BCUT2D eigenvalue weighted by Gasteiger charge is -1.95. The largest absolute Gasteiger partial charge is 0.300 e. The summed E-state index contributed by atoms with van der Waals surface area (Å²) in [7, 11) is 0. The molecule has 0 saturated heterocycles. The van der Waals surface area contributed by atoms with Crippen LogP contribution in [-0.2, 0) is 0 Å². The van der Waals surface area contributed by atoms with E-state index in [0.29, 0.717) is 5.02 Å². The van der Waals surface area contributed by atoms with E-state index < -0.39 is 0 Å². The average Bonchev–Trinajstić information content (AvgIpc) is 2.53. The average molecular weight is 329 g/mol. The third-order valence-corrected chi connectivity index (χ3v) is 3.23. The predicted octanol–water partition coefficient (Wildman–Crippen LogP) is 3.75. The van der Waals surface area contributed by atoms with Gasteiger partial charge in [-0.3, -0.25) is 4.40 Å². The van der Waals surface area contributed by atoms with Crippen LogP contribution < -0.4 is 0 Å². The number of hydrogen-bond acceptors (Lipinski definition) is 1. The number of halogens is 2. The molecule has 2 aromatic heterocycles. The summed E-state index contributed by atoms with van der Waals surface area (Å²) in [6, 6.07) is 9.95. The van der Waals surface area contributed by atoms with Gasteiger partial charge in [-0.25, -0.2) is 4.98 Å². The van der Waals surface area contributed by atoms with Gasteiger partial charge in [0.1, 0.15) is 5.65 Å². The van der Waals surface area contributed by atoms with E-state index in [-0.39, 0.29) is 0 Å². The molecule has 0 fully saturated rings. The molecule has 3 aromatic rings. The summed E-state index contributed by atoms with van der Waals surface area (Å²) in [5, 5.41) is 0.715. The minimum Gasteiger partial charge on any atom is -0.300 e. The maximum atomic E-state index is 5.92. The third kappa shape index (κ3) is 1.50. The van der Waals surface area contributed by atoms with Crippen LogP contribution in [0.25, 0.3) is 16.7 Å². The van der Waals surface area contributed by atoms with Crippen LogP contribution in [0, 0.1) is 3.57 Å². The van der Waals surface area contributed by atoms with Gasteiger partial charge >= 0.3 is 0 Å². The maximum absolute atomic E-state index is 5.92. The van der Waals surface area contributed by atoms with Gasteiger partial charge in [-0.2, -0.15) is 0 Å². The minimum atomic E-state index is 0.715. The van der Waals surface area contributed by atoms with Gasteiger partial charge < -0.3 is 0 Å². The van der Waals surface area contributed by atoms with Gasteiger partial charge in [0.05, 0.1) is 11.0 Å². The van der Waals surface area contributed by atoms with Crippen molar-refractivity contribution in [2.75, 3.05) is 0 Å². The zero-order valence-corrected chi connectivity index (χ0v) is 10.5.